The highest BCUT2D eigenvalue weighted by atomic mass is 16.5. The molecular weight excluding hydrogens is 426 g/mol. The SMILES string of the molecule is CC(=O)O[C@@H]1CC[C@]2(/C=N\O)[C@H]3CC[C@]4(C)[C@H](C5=CC(=O)OC5)CC[C@]4(O)[C@@H]3CC[C@@]2(O)C1. The molecule has 1 aliphatic heterocycles. The van der Waals surface area contributed by atoms with Crippen molar-refractivity contribution in [3.8, 4) is 0 Å². The molecule has 0 spiro atoms. The molecule has 3 N–H and O–H groups in total. The monoisotopic (exact) mass is 461 g/mol. The van der Waals surface area contributed by atoms with Crippen LogP contribution in [0.3, 0.4) is 0 Å². The Morgan fingerprint density at radius 1 is 1.15 bits per heavy atom. The van der Waals surface area contributed by atoms with Crippen molar-refractivity contribution in [3.63, 3.8) is 0 Å². The van der Waals surface area contributed by atoms with Crippen LogP contribution in [-0.4, -0.2) is 57.5 Å². The topological polar surface area (TPSA) is 126 Å². The Morgan fingerprint density at radius 2 is 1.91 bits per heavy atom. The molecule has 4 fully saturated rings. The Labute approximate surface area is 194 Å². The summed E-state index contributed by atoms with van der Waals surface area (Å²) in [5.41, 5.74) is -2.26. The van der Waals surface area contributed by atoms with Gasteiger partial charge in [-0.25, -0.2) is 4.79 Å². The van der Waals surface area contributed by atoms with Crippen LogP contribution in [0, 0.1) is 28.6 Å². The molecule has 8 nitrogen and oxygen atoms in total. The van der Waals surface area contributed by atoms with Crippen molar-refractivity contribution in [2.45, 2.75) is 88.9 Å². The second-order valence-electron chi connectivity index (χ2n) is 11.3. The number of cyclic esters (lactones) is 1. The van der Waals surface area contributed by atoms with Gasteiger partial charge in [0.05, 0.1) is 17.4 Å². The van der Waals surface area contributed by atoms with E-state index in [4.69, 9.17) is 9.47 Å². The normalized spacial score (nSPS) is 49.1. The third-order valence-electron chi connectivity index (χ3n) is 10.2. The molecule has 4 aliphatic carbocycles. The highest BCUT2D eigenvalue weighted by molar-refractivity contribution is 5.85. The van der Waals surface area contributed by atoms with Crippen molar-refractivity contribution < 1.29 is 34.5 Å². The van der Waals surface area contributed by atoms with Crippen molar-refractivity contribution in [1.82, 2.24) is 0 Å². The van der Waals surface area contributed by atoms with Crippen LogP contribution in [0.5, 0.6) is 0 Å². The molecule has 0 aromatic carbocycles. The first-order valence-electron chi connectivity index (χ1n) is 12.3. The molecule has 5 rings (SSSR count). The molecule has 182 valence electrons. The second-order valence-corrected chi connectivity index (χ2v) is 11.3. The standard InChI is InChI=1S/C25H35NO7/c1-15(27)33-17-3-8-23(14-26-31)19-4-7-22(2)18(16-11-21(28)32-13-16)6-10-25(22,30)20(19)5-9-24(23,29)12-17/h11,14,17-20,29-31H,3-10,12-13H2,1-2H3/b26-14-/t17-,18+,19+,20-,22-,23+,24-,25+/m1/s1. The fourth-order valence-electron chi connectivity index (χ4n) is 8.78. The summed E-state index contributed by atoms with van der Waals surface area (Å²) in [7, 11) is 0. The first-order chi connectivity index (χ1) is 15.6. The lowest BCUT2D eigenvalue weighted by molar-refractivity contribution is -0.239. The van der Waals surface area contributed by atoms with Gasteiger partial charge in [-0.3, -0.25) is 4.79 Å². The van der Waals surface area contributed by atoms with Gasteiger partial charge in [-0.05, 0) is 74.7 Å². The largest absolute Gasteiger partial charge is 0.462 e. The van der Waals surface area contributed by atoms with Crippen molar-refractivity contribution in [2.75, 3.05) is 6.61 Å². The average Bonchev–Trinajstić information content (AvgIpc) is 3.28. The molecule has 0 saturated heterocycles. The molecule has 1 heterocycles. The number of hydrogen-bond donors (Lipinski definition) is 3. The molecule has 0 amide bonds. The average molecular weight is 462 g/mol. The third-order valence-corrected chi connectivity index (χ3v) is 10.2. The summed E-state index contributed by atoms with van der Waals surface area (Å²) < 4.78 is 10.6. The third kappa shape index (κ3) is 3.05. The number of rotatable bonds is 3. The Kier molecular flexibility index (Phi) is 5.22. The first kappa shape index (κ1) is 22.8. The smallest absolute Gasteiger partial charge is 0.331 e. The number of oxime groups is 1. The summed E-state index contributed by atoms with van der Waals surface area (Å²) in [6.45, 7) is 3.84. The minimum atomic E-state index is -1.16. The molecule has 8 heteroatoms. The number of carbonyl (C=O) groups is 2. The number of carbonyl (C=O) groups excluding carboxylic acids is 2. The van der Waals surface area contributed by atoms with Crippen LogP contribution in [0.4, 0.5) is 0 Å². The van der Waals surface area contributed by atoms with E-state index in [2.05, 4.69) is 12.1 Å². The maximum atomic E-state index is 12.3. The van der Waals surface area contributed by atoms with Gasteiger partial charge < -0.3 is 24.9 Å². The van der Waals surface area contributed by atoms with Crippen LogP contribution in [0.25, 0.3) is 0 Å². The Morgan fingerprint density at radius 3 is 2.58 bits per heavy atom. The molecule has 0 unspecified atom stereocenters. The van der Waals surface area contributed by atoms with Gasteiger partial charge in [-0.15, -0.1) is 5.16 Å². The highest BCUT2D eigenvalue weighted by Gasteiger charge is 2.71. The van der Waals surface area contributed by atoms with Crippen molar-refractivity contribution in [1.29, 1.82) is 0 Å². The minimum absolute atomic E-state index is 0.0438. The van der Waals surface area contributed by atoms with Gasteiger partial charge in [-0.1, -0.05) is 6.92 Å². The van der Waals surface area contributed by atoms with Gasteiger partial charge >= 0.3 is 11.9 Å². The summed E-state index contributed by atoms with van der Waals surface area (Å²) in [6, 6.07) is 0. The Balaban J connectivity index is 1.48. The van der Waals surface area contributed by atoms with Gasteiger partial charge in [0.2, 0.25) is 0 Å². The number of esters is 2. The summed E-state index contributed by atoms with van der Waals surface area (Å²) in [6.07, 6.45) is 8.28. The number of aliphatic hydroxyl groups is 2. The van der Waals surface area contributed by atoms with Crippen LogP contribution in [0.1, 0.15) is 71.6 Å². The van der Waals surface area contributed by atoms with Gasteiger partial charge in [0.25, 0.3) is 0 Å². The number of ether oxygens (including phenoxy) is 2. The Bertz CT molecular complexity index is 916. The Hall–Kier alpha value is -1.93. The molecule has 5 aliphatic rings. The fourth-order valence-corrected chi connectivity index (χ4v) is 8.78. The molecule has 33 heavy (non-hydrogen) atoms. The second kappa shape index (κ2) is 7.54. The van der Waals surface area contributed by atoms with E-state index < -0.39 is 16.6 Å². The van der Waals surface area contributed by atoms with E-state index in [1.54, 1.807) is 6.08 Å². The maximum absolute atomic E-state index is 12.3. The van der Waals surface area contributed by atoms with Crippen LogP contribution >= 0.6 is 0 Å². The summed E-state index contributed by atoms with van der Waals surface area (Å²) in [5.74, 6) is -0.661. The summed E-state index contributed by atoms with van der Waals surface area (Å²) in [4.78, 5) is 23.3. The molecule has 0 aromatic rings. The van der Waals surface area contributed by atoms with E-state index in [9.17, 15) is 25.0 Å². The van der Waals surface area contributed by atoms with Gasteiger partial charge in [-0.2, -0.15) is 0 Å². The molecule has 0 radical (unpaired) electrons. The highest BCUT2D eigenvalue weighted by Crippen LogP contribution is 2.70. The van der Waals surface area contributed by atoms with E-state index in [0.717, 1.165) is 24.8 Å². The summed E-state index contributed by atoms with van der Waals surface area (Å²) >= 11 is 0. The predicted molar refractivity (Wildman–Crippen MR) is 117 cm³/mol. The van der Waals surface area contributed by atoms with Crippen molar-refractivity contribution in [3.05, 3.63) is 11.6 Å². The molecule has 0 bridgehead atoms. The zero-order valence-corrected chi connectivity index (χ0v) is 19.5. The minimum Gasteiger partial charge on any atom is -0.462 e. The zero-order valence-electron chi connectivity index (χ0n) is 19.5. The zero-order chi connectivity index (χ0) is 23.6. The number of fused-ring (bicyclic) bond motifs is 5. The van der Waals surface area contributed by atoms with Crippen LogP contribution in [-0.2, 0) is 19.1 Å². The quantitative estimate of drug-likeness (QED) is 0.255. The van der Waals surface area contributed by atoms with E-state index >= 15 is 0 Å². The molecule has 0 aromatic heterocycles. The molecule has 8 atom stereocenters. The van der Waals surface area contributed by atoms with E-state index in [0.29, 0.717) is 45.1 Å². The fraction of sp³-hybridized carbons (Fsp3) is 0.800. The lowest BCUT2D eigenvalue weighted by Gasteiger charge is -2.65. The summed E-state index contributed by atoms with van der Waals surface area (Å²) in [5, 5.41) is 37.2. The van der Waals surface area contributed by atoms with Crippen LogP contribution in [0.2, 0.25) is 0 Å². The predicted octanol–water partition coefficient (Wildman–Crippen LogP) is 2.73. The van der Waals surface area contributed by atoms with E-state index in [-0.39, 0.29) is 41.2 Å². The first-order valence-corrected chi connectivity index (χ1v) is 12.3. The van der Waals surface area contributed by atoms with Gasteiger partial charge in [0.15, 0.2) is 0 Å². The van der Waals surface area contributed by atoms with Crippen molar-refractivity contribution in [2.24, 2.45) is 33.7 Å². The lowest BCUT2D eigenvalue weighted by atomic mass is 9.41. The van der Waals surface area contributed by atoms with Gasteiger partial charge in [0.1, 0.15) is 12.7 Å². The van der Waals surface area contributed by atoms with E-state index in [1.165, 1.54) is 13.1 Å². The lowest BCUT2D eigenvalue weighted by Crippen LogP contribution is -2.69. The van der Waals surface area contributed by atoms with Gasteiger partial charge in [0, 0.05) is 30.3 Å². The molecular formula is C25H35NO7. The number of hydrogen-bond acceptors (Lipinski definition) is 8. The van der Waals surface area contributed by atoms with E-state index in [1.807, 2.05) is 0 Å². The number of nitrogens with zero attached hydrogens (tertiary/aromatic N) is 1. The molecule has 4 saturated carbocycles. The van der Waals surface area contributed by atoms with Crippen molar-refractivity contribution >= 4 is 18.2 Å². The van der Waals surface area contributed by atoms with Crippen LogP contribution in [0.15, 0.2) is 16.8 Å². The maximum Gasteiger partial charge on any atom is 0.331 e. The van der Waals surface area contributed by atoms with Crippen LogP contribution < -0.4 is 0 Å².